The molecule has 2 rings (SSSR count). The fourth-order valence-corrected chi connectivity index (χ4v) is 2.23. The van der Waals surface area contributed by atoms with Gasteiger partial charge in [-0.2, -0.15) is 0 Å². The van der Waals surface area contributed by atoms with Gasteiger partial charge < -0.3 is 9.75 Å². The standard InChI is InChI=1S/C15H18ClN3O/c1-3-11-5-4-6-14(19(2)17)12(11)10-20-15-9-18-8-7-13(15)16/h4-9H,3,10,17H2,1-2H3. The minimum absolute atomic E-state index is 0.409. The Hall–Kier alpha value is -1.78. The molecular formula is C15H18ClN3O. The van der Waals surface area contributed by atoms with Crippen molar-refractivity contribution in [3.05, 3.63) is 52.8 Å². The second kappa shape index (κ2) is 6.59. The van der Waals surface area contributed by atoms with Gasteiger partial charge in [0, 0.05) is 18.8 Å². The van der Waals surface area contributed by atoms with Crippen LogP contribution in [0.4, 0.5) is 5.69 Å². The number of hydrazine groups is 1. The summed E-state index contributed by atoms with van der Waals surface area (Å²) >= 11 is 6.07. The van der Waals surface area contributed by atoms with Crippen molar-refractivity contribution >= 4 is 17.3 Å². The van der Waals surface area contributed by atoms with Crippen LogP contribution in [0.1, 0.15) is 18.1 Å². The maximum atomic E-state index is 6.07. The van der Waals surface area contributed by atoms with Gasteiger partial charge in [0.15, 0.2) is 5.75 Å². The van der Waals surface area contributed by atoms with Crippen LogP contribution in [0, 0.1) is 0 Å². The first-order chi connectivity index (χ1) is 9.63. The van der Waals surface area contributed by atoms with E-state index in [1.807, 2.05) is 19.2 Å². The van der Waals surface area contributed by atoms with Crippen molar-refractivity contribution in [1.82, 2.24) is 4.98 Å². The van der Waals surface area contributed by atoms with Crippen molar-refractivity contribution in [3.8, 4) is 5.75 Å². The van der Waals surface area contributed by atoms with Gasteiger partial charge in [-0.1, -0.05) is 30.7 Å². The Labute approximate surface area is 124 Å². The van der Waals surface area contributed by atoms with Crippen LogP contribution in [0.25, 0.3) is 0 Å². The average molecular weight is 292 g/mol. The molecule has 1 heterocycles. The van der Waals surface area contributed by atoms with Gasteiger partial charge >= 0.3 is 0 Å². The summed E-state index contributed by atoms with van der Waals surface area (Å²) in [5, 5.41) is 2.15. The van der Waals surface area contributed by atoms with E-state index in [0.29, 0.717) is 17.4 Å². The number of nitrogens with zero attached hydrogens (tertiary/aromatic N) is 2. The average Bonchev–Trinajstić information content (AvgIpc) is 2.46. The third-order valence-corrected chi connectivity index (χ3v) is 3.43. The molecule has 0 atom stereocenters. The molecule has 0 aliphatic rings. The number of anilines is 1. The lowest BCUT2D eigenvalue weighted by Gasteiger charge is -2.20. The van der Waals surface area contributed by atoms with Crippen molar-refractivity contribution in [2.45, 2.75) is 20.0 Å². The fourth-order valence-electron chi connectivity index (χ4n) is 2.07. The molecule has 0 spiro atoms. The summed E-state index contributed by atoms with van der Waals surface area (Å²) in [6.07, 6.45) is 4.16. The smallest absolute Gasteiger partial charge is 0.156 e. The normalized spacial score (nSPS) is 10.4. The van der Waals surface area contributed by atoms with Crippen LogP contribution in [-0.4, -0.2) is 12.0 Å². The van der Waals surface area contributed by atoms with Crippen LogP contribution in [-0.2, 0) is 13.0 Å². The number of benzene rings is 1. The SMILES string of the molecule is CCc1cccc(N(C)N)c1COc1cnccc1Cl. The molecular weight excluding hydrogens is 274 g/mol. The minimum Gasteiger partial charge on any atom is -0.486 e. The number of rotatable bonds is 5. The third kappa shape index (κ3) is 3.21. The molecule has 5 heteroatoms. The molecule has 0 fully saturated rings. The highest BCUT2D eigenvalue weighted by Crippen LogP contribution is 2.27. The Kier molecular flexibility index (Phi) is 4.82. The van der Waals surface area contributed by atoms with Gasteiger partial charge in [-0.3, -0.25) is 4.98 Å². The summed E-state index contributed by atoms with van der Waals surface area (Å²) in [5.74, 6) is 6.45. The zero-order valence-electron chi connectivity index (χ0n) is 11.6. The van der Waals surface area contributed by atoms with E-state index in [-0.39, 0.29) is 0 Å². The highest BCUT2D eigenvalue weighted by Gasteiger charge is 2.11. The lowest BCUT2D eigenvalue weighted by atomic mass is 10.0. The number of nitrogens with two attached hydrogens (primary N) is 1. The quantitative estimate of drug-likeness (QED) is 0.679. The van der Waals surface area contributed by atoms with E-state index in [1.165, 1.54) is 5.56 Å². The van der Waals surface area contributed by atoms with Gasteiger partial charge in [0.1, 0.15) is 6.61 Å². The zero-order valence-corrected chi connectivity index (χ0v) is 12.4. The summed E-state index contributed by atoms with van der Waals surface area (Å²) in [7, 11) is 1.81. The van der Waals surface area contributed by atoms with Gasteiger partial charge in [0.25, 0.3) is 0 Å². The molecule has 0 unspecified atom stereocenters. The zero-order chi connectivity index (χ0) is 14.5. The van der Waals surface area contributed by atoms with E-state index in [0.717, 1.165) is 17.7 Å². The van der Waals surface area contributed by atoms with Gasteiger partial charge in [0.05, 0.1) is 16.9 Å². The van der Waals surface area contributed by atoms with Crippen LogP contribution < -0.4 is 15.6 Å². The van der Waals surface area contributed by atoms with E-state index in [4.69, 9.17) is 22.2 Å². The van der Waals surface area contributed by atoms with E-state index in [1.54, 1.807) is 23.5 Å². The number of aromatic nitrogens is 1. The van der Waals surface area contributed by atoms with E-state index < -0.39 is 0 Å². The predicted octanol–water partition coefficient (Wildman–Crippen LogP) is 3.19. The molecule has 2 N–H and O–H groups in total. The van der Waals surface area contributed by atoms with Gasteiger partial charge in [-0.15, -0.1) is 0 Å². The van der Waals surface area contributed by atoms with Gasteiger partial charge in [-0.05, 0) is 24.1 Å². The van der Waals surface area contributed by atoms with E-state index >= 15 is 0 Å². The van der Waals surface area contributed by atoms with Crippen molar-refractivity contribution in [2.75, 3.05) is 12.1 Å². The maximum absolute atomic E-state index is 6.07. The van der Waals surface area contributed by atoms with Crippen LogP contribution >= 0.6 is 11.6 Å². The van der Waals surface area contributed by atoms with Crippen LogP contribution in [0.3, 0.4) is 0 Å². The predicted molar refractivity (Wildman–Crippen MR) is 82.0 cm³/mol. The maximum Gasteiger partial charge on any atom is 0.156 e. The summed E-state index contributed by atoms with van der Waals surface area (Å²) in [6.45, 7) is 2.52. The molecule has 0 saturated carbocycles. The molecule has 0 saturated heterocycles. The number of halogens is 1. The second-order valence-corrected chi connectivity index (χ2v) is 4.88. The summed E-state index contributed by atoms with van der Waals surface area (Å²) in [5.41, 5.74) is 3.23. The van der Waals surface area contributed by atoms with Crippen molar-refractivity contribution < 1.29 is 4.74 Å². The Morgan fingerprint density at radius 2 is 2.15 bits per heavy atom. The first kappa shape index (κ1) is 14.6. The number of pyridine rings is 1. The highest BCUT2D eigenvalue weighted by atomic mass is 35.5. The van der Waals surface area contributed by atoms with Crippen LogP contribution in [0.15, 0.2) is 36.7 Å². The summed E-state index contributed by atoms with van der Waals surface area (Å²) in [4.78, 5) is 4.01. The highest BCUT2D eigenvalue weighted by molar-refractivity contribution is 6.31. The molecule has 2 aromatic rings. The molecule has 106 valence electrons. The topological polar surface area (TPSA) is 51.4 Å². The van der Waals surface area contributed by atoms with Crippen LogP contribution in [0.5, 0.6) is 5.75 Å². The molecule has 1 aromatic heterocycles. The number of hydrogen-bond acceptors (Lipinski definition) is 4. The number of hydrogen-bond donors (Lipinski definition) is 1. The van der Waals surface area contributed by atoms with Crippen molar-refractivity contribution in [2.24, 2.45) is 5.84 Å². The van der Waals surface area contributed by atoms with Crippen LogP contribution in [0.2, 0.25) is 5.02 Å². The summed E-state index contributed by atoms with van der Waals surface area (Å²) < 4.78 is 5.78. The Morgan fingerprint density at radius 1 is 1.35 bits per heavy atom. The fraction of sp³-hybridized carbons (Fsp3) is 0.267. The van der Waals surface area contributed by atoms with Crippen molar-refractivity contribution in [3.63, 3.8) is 0 Å². The van der Waals surface area contributed by atoms with Crippen molar-refractivity contribution in [1.29, 1.82) is 0 Å². The molecule has 0 amide bonds. The number of ether oxygens (including phenoxy) is 1. The number of aryl methyl sites for hydroxylation is 1. The third-order valence-electron chi connectivity index (χ3n) is 3.12. The first-order valence-electron chi connectivity index (χ1n) is 6.45. The molecule has 4 nitrogen and oxygen atoms in total. The monoisotopic (exact) mass is 291 g/mol. The molecule has 20 heavy (non-hydrogen) atoms. The van der Waals surface area contributed by atoms with Gasteiger partial charge in [0.2, 0.25) is 0 Å². The molecule has 0 aliphatic heterocycles. The lowest BCUT2D eigenvalue weighted by molar-refractivity contribution is 0.304. The Bertz CT molecular complexity index is 587. The molecule has 0 bridgehead atoms. The van der Waals surface area contributed by atoms with E-state index in [2.05, 4.69) is 18.0 Å². The Morgan fingerprint density at radius 3 is 2.80 bits per heavy atom. The van der Waals surface area contributed by atoms with E-state index in [9.17, 15) is 0 Å². The Balaban J connectivity index is 2.26. The summed E-state index contributed by atoms with van der Waals surface area (Å²) in [6, 6.07) is 7.76. The minimum atomic E-state index is 0.409. The largest absolute Gasteiger partial charge is 0.486 e. The molecule has 0 radical (unpaired) electrons. The molecule has 1 aromatic carbocycles. The first-order valence-corrected chi connectivity index (χ1v) is 6.82. The second-order valence-electron chi connectivity index (χ2n) is 4.47. The lowest BCUT2D eigenvalue weighted by Crippen LogP contribution is -2.27. The van der Waals surface area contributed by atoms with Gasteiger partial charge in [-0.25, -0.2) is 5.84 Å². The molecule has 0 aliphatic carbocycles.